The van der Waals surface area contributed by atoms with Crippen molar-refractivity contribution in [2.24, 2.45) is 5.41 Å². The van der Waals surface area contributed by atoms with Gasteiger partial charge in [-0.3, -0.25) is 14.4 Å². The van der Waals surface area contributed by atoms with Crippen LogP contribution in [0.25, 0.3) is 0 Å². The lowest BCUT2D eigenvalue weighted by molar-refractivity contribution is -0.133. The molecule has 0 aliphatic carbocycles. The third kappa shape index (κ3) is 5.61. The van der Waals surface area contributed by atoms with Crippen LogP contribution in [0.4, 0.5) is 0 Å². The number of fused-ring (bicyclic) bond motifs is 9. The molecule has 2 bridgehead atoms. The fraction of sp³-hybridized carbons (Fsp3) is 0.444. The Bertz CT molecular complexity index is 1060. The molecule has 7 nitrogen and oxygen atoms in total. The first-order chi connectivity index (χ1) is 16.9. The summed E-state index contributed by atoms with van der Waals surface area (Å²) in [6.07, 6.45) is 3.55. The molecular formula is C27H32ClN3O4. The maximum Gasteiger partial charge on any atom is 0.257 e. The summed E-state index contributed by atoms with van der Waals surface area (Å²) in [6.45, 7) is 2.27. The van der Waals surface area contributed by atoms with Gasteiger partial charge in [0.25, 0.3) is 11.8 Å². The van der Waals surface area contributed by atoms with Crippen LogP contribution in [0.1, 0.15) is 52.8 Å². The van der Waals surface area contributed by atoms with E-state index in [2.05, 4.69) is 5.32 Å². The highest BCUT2D eigenvalue weighted by molar-refractivity contribution is 6.30. The molecular weight excluding hydrogens is 466 g/mol. The van der Waals surface area contributed by atoms with Crippen LogP contribution < -0.4 is 10.1 Å². The van der Waals surface area contributed by atoms with Crippen molar-refractivity contribution in [3.8, 4) is 5.75 Å². The van der Waals surface area contributed by atoms with Gasteiger partial charge in [-0.05, 0) is 62.1 Å². The normalized spacial score (nSPS) is 18.6. The quantitative estimate of drug-likeness (QED) is 0.679. The van der Waals surface area contributed by atoms with Crippen molar-refractivity contribution in [2.75, 3.05) is 39.8 Å². The van der Waals surface area contributed by atoms with E-state index in [1.807, 2.05) is 17.0 Å². The number of halogens is 1. The third-order valence-electron chi connectivity index (χ3n) is 7.16. The Morgan fingerprint density at radius 1 is 0.943 bits per heavy atom. The molecule has 3 amide bonds. The highest BCUT2D eigenvalue weighted by Crippen LogP contribution is 2.38. The number of hydrogen-bond acceptors (Lipinski definition) is 4. The molecule has 0 radical (unpaired) electrons. The van der Waals surface area contributed by atoms with Gasteiger partial charge in [0.2, 0.25) is 5.91 Å². The molecule has 0 atom stereocenters. The second kappa shape index (κ2) is 11.1. The molecule has 1 fully saturated rings. The molecule has 3 heterocycles. The predicted octanol–water partition coefficient (Wildman–Crippen LogP) is 4.01. The summed E-state index contributed by atoms with van der Waals surface area (Å²) >= 11 is 6.00. The Hall–Kier alpha value is -3.06. The van der Waals surface area contributed by atoms with Crippen LogP contribution in [0.3, 0.4) is 0 Å². The van der Waals surface area contributed by atoms with Crippen molar-refractivity contribution < 1.29 is 19.1 Å². The van der Waals surface area contributed by atoms with Crippen LogP contribution in [0.2, 0.25) is 5.02 Å². The Balaban J connectivity index is 1.60. The second-order valence-corrected chi connectivity index (χ2v) is 9.69. The maximum atomic E-state index is 13.3. The van der Waals surface area contributed by atoms with Crippen molar-refractivity contribution >= 4 is 29.3 Å². The standard InChI is InChI=1S/C27H32ClN3O4/c1-29-26(34)27-12-4-5-15-30(24(32)20-8-10-21(28)11-9-20)18-19-35-23-7-3-2-6-22(23)25(33)31(16-13-27)17-14-27/h2-3,6-11H,4-5,12-19H2,1H3,(H,29,34). The maximum absolute atomic E-state index is 13.3. The van der Waals surface area contributed by atoms with Crippen LogP contribution in [0, 0.1) is 5.41 Å². The number of rotatable bonds is 2. The molecule has 5 rings (SSSR count). The number of nitrogens with one attached hydrogen (secondary N) is 1. The molecule has 3 aliphatic heterocycles. The van der Waals surface area contributed by atoms with Crippen LogP contribution in [-0.2, 0) is 4.79 Å². The Morgan fingerprint density at radius 3 is 2.37 bits per heavy atom. The average Bonchev–Trinajstić information content (AvgIpc) is 2.90. The molecule has 186 valence electrons. The smallest absolute Gasteiger partial charge is 0.257 e. The third-order valence-corrected chi connectivity index (χ3v) is 7.42. The van der Waals surface area contributed by atoms with E-state index in [0.29, 0.717) is 60.9 Å². The zero-order valence-electron chi connectivity index (χ0n) is 20.1. The zero-order chi connectivity index (χ0) is 24.8. The monoisotopic (exact) mass is 497 g/mol. The number of amides is 3. The summed E-state index contributed by atoms with van der Waals surface area (Å²) < 4.78 is 6.02. The van der Waals surface area contributed by atoms with E-state index in [9.17, 15) is 14.4 Å². The largest absolute Gasteiger partial charge is 0.491 e. The number of carbonyl (C=O) groups excluding carboxylic acids is 3. The van der Waals surface area contributed by atoms with E-state index in [1.165, 1.54) is 0 Å². The van der Waals surface area contributed by atoms with Gasteiger partial charge in [-0.2, -0.15) is 0 Å². The summed E-state index contributed by atoms with van der Waals surface area (Å²) in [5, 5.41) is 3.41. The van der Waals surface area contributed by atoms with Crippen molar-refractivity contribution in [1.29, 1.82) is 0 Å². The van der Waals surface area contributed by atoms with Gasteiger partial charge in [0, 0.05) is 37.3 Å². The molecule has 35 heavy (non-hydrogen) atoms. The second-order valence-electron chi connectivity index (χ2n) is 9.25. The number of carbonyl (C=O) groups is 3. The molecule has 1 N–H and O–H groups in total. The molecule has 3 aliphatic rings. The van der Waals surface area contributed by atoms with Gasteiger partial charge in [0.05, 0.1) is 17.5 Å². The number of ether oxygens (including phenoxy) is 1. The summed E-state index contributed by atoms with van der Waals surface area (Å²) in [5.74, 6) is 0.364. The zero-order valence-corrected chi connectivity index (χ0v) is 20.9. The number of hydrogen-bond donors (Lipinski definition) is 1. The van der Waals surface area contributed by atoms with Crippen LogP contribution in [0.15, 0.2) is 48.5 Å². The van der Waals surface area contributed by atoms with Gasteiger partial charge in [0.1, 0.15) is 12.4 Å². The minimum Gasteiger partial charge on any atom is -0.491 e. The first-order valence-corrected chi connectivity index (χ1v) is 12.6. The molecule has 2 aromatic carbocycles. The summed E-state index contributed by atoms with van der Waals surface area (Å²) in [5.41, 5.74) is 0.578. The van der Waals surface area contributed by atoms with Crippen molar-refractivity contribution in [1.82, 2.24) is 15.1 Å². The van der Waals surface area contributed by atoms with Crippen molar-refractivity contribution in [2.45, 2.75) is 32.1 Å². The summed E-state index contributed by atoms with van der Waals surface area (Å²) in [4.78, 5) is 43.1. The van der Waals surface area contributed by atoms with Crippen molar-refractivity contribution in [3.05, 3.63) is 64.7 Å². The van der Waals surface area contributed by atoms with E-state index in [4.69, 9.17) is 16.3 Å². The molecule has 1 saturated heterocycles. The van der Waals surface area contributed by atoms with Gasteiger partial charge in [-0.25, -0.2) is 0 Å². The topological polar surface area (TPSA) is 79.0 Å². The Labute approximate surface area is 211 Å². The molecule has 0 aromatic heterocycles. The lowest BCUT2D eigenvalue weighted by atomic mass is 9.73. The van der Waals surface area contributed by atoms with Gasteiger partial charge in [-0.1, -0.05) is 30.2 Å². The fourth-order valence-electron chi connectivity index (χ4n) is 5.05. The van der Waals surface area contributed by atoms with Crippen molar-refractivity contribution in [3.63, 3.8) is 0 Å². The highest BCUT2D eigenvalue weighted by Gasteiger charge is 2.41. The Morgan fingerprint density at radius 2 is 1.66 bits per heavy atom. The number of piperidine rings is 1. The van der Waals surface area contributed by atoms with Gasteiger partial charge < -0.3 is 19.9 Å². The van der Waals surface area contributed by atoms with Gasteiger partial charge in [0.15, 0.2) is 0 Å². The first kappa shape index (κ1) is 25.0. The summed E-state index contributed by atoms with van der Waals surface area (Å²) in [6, 6.07) is 14.1. The lowest BCUT2D eigenvalue weighted by Crippen LogP contribution is -2.49. The first-order valence-electron chi connectivity index (χ1n) is 12.2. The SMILES string of the molecule is CNC(=O)C12CCCCN(C(=O)c3ccc(Cl)cc3)CCOc3ccccc3C(=O)N(CC1)CC2. The molecule has 0 unspecified atom stereocenters. The van der Waals surface area contributed by atoms with Gasteiger partial charge in [-0.15, -0.1) is 0 Å². The van der Waals surface area contributed by atoms with Crippen LogP contribution in [0.5, 0.6) is 5.75 Å². The van der Waals surface area contributed by atoms with E-state index < -0.39 is 5.41 Å². The molecule has 8 heteroatoms. The fourth-order valence-corrected chi connectivity index (χ4v) is 5.18. The lowest BCUT2D eigenvalue weighted by Gasteiger charge is -2.40. The summed E-state index contributed by atoms with van der Waals surface area (Å²) in [7, 11) is 1.67. The number of para-hydroxylation sites is 1. The molecule has 2 aromatic rings. The van der Waals surface area contributed by atoms with Crippen LogP contribution >= 0.6 is 11.6 Å². The van der Waals surface area contributed by atoms with Crippen LogP contribution in [-0.4, -0.2) is 67.4 Å². The van der Waals surface area contributed by atoms with E-state index in [0.717, 1.165) is 19.3 Å². The predicted molar refractivity (Wildman–Crippen MR) is 135 cm³/mol. The van der Waals surface area contributed by atoms with Gasteiger partial charge >= 0.3 is 0 Å². The number of benzene rings is 2. The minimum atomic E-state index is -0.493. The number of nitrogens with zero attached hydrogens (tertiary/aromatic N) is 2. The molecule has 0 spiro atoms. The molecule has 0 saturated carbocycles. The van der Waals surface area contributed by atoms with E-state index in [1.54, 1.807) is 48.3 Å². The van der Waals surface area contributed by atoms with E-state index >= 15 is 0 Å². The van der Waals surface area contributed by atoms with E-state index in [-0.39, 0.29) is 24.3 Å². The highest BCUT2D eigenvalue weighted by atomic mass is 35.5. The average molecular weight is 498 g/mol. The Kier molecular flexibility index (Phi) is 7.96. The minimum absolute atomic E-state index is 0.0340.